The van der Waals surface area contributed by atoms with E-state index in [0.29, 0.717) is 10.6 Å². The summed E-state index contributed by atoms with van der Waals surface area (Å²) < 4.78 is 25.0. The minimum atomic E-state index is -0.914. The molecule has 2 N–H and O–H groups in total. The van der Waals surface area contributed by atoms with Crippen LogP contribution in [-0.2, 0) is 14.4 Å². The largest absolute Gasteiger partial charge is 0.490 e. The van der Waals surface area contributed by atoms with Gasteiger partial charge in [0.25, 0.3) is 17.7 Å². The molecular weight excluding hydrogens is 564 g/mol. The van der Waals surface area contributed by atoms with Gasteiger partial charge in [0, 0.05) is 5.02 Å². The average Bonchev–Trinajstić information content (AvgIpc) is 2.90. The summed E-state index contributed by atoms with van der Waals surface area (Å²) in [4.78, 5) is 51.6. The summed E-state index contributed by atoms with van der Waals surface area (Å²) in [6.45, 7) is 3.04. The first kappa shape index (κ1) is 28.6. The molecule has 4 rings (SSSR count). The Morgan fingerprint density at radius 2 is 1.80 bits per heavy atom. The number of anilines is 2. The van der Waals surface area contributed by atoms with Crippen molar-refractivity contribution in [2.45, 2.75) is 13.8 Å². The monoisotopic (exact) mass is 585 g/mol. The molecule has 3 aromatic rings. The number of benzene rings is 3. The normalized spacial score (nSPS) is 14.3. The number of carbonyl (C=O) groups is 4. The van der Waals surface area contributed by atoms with Gasteiger partial charge in [0.2, 0.25) is 0 Å². The van der Waals surface area contributed by atoms with Crippen LogP contribution in [0.1, 0.15) is 18.1 Å². The fraction of sp³-hybridized carbons (Fsp3) is 0.143. The number of barbiturate groups is 1. The maximum Gasteiger partial charge on any atom is 0.335 e. The summed E-state index contributed by atoms with van der Waals surface area (Å²) in [5.74, 6) is -2.85. The summed E-state index contributed by atoms with van der Waals surface area (Å²) in [7, 11) is 0. The Kier molecular flexibility index (Phi) is 8.71. The number of imide groups is 2. The molecule has 0 spiro atoms. The van der Waals surface area contributed by atoms with E-state index in [4.69, 9.17) is 32.7 Å². The average molecular weight is 586 g/mol. The topological polar surface area (TPSA) is 114 Å². The smallest absolute Gasteiger partial charge is 0.335 e. The third-order valence-electron chi connectivity index (χ3n) is 5.72. The Morgan fingerprint density at radius 1 is 1.05 bits per heavy atom. The van der Waals surface area contributed by atoms with E-state index >= 15 is 0 Å². The Balaban J connectivity index is 1.61. The van der Waals surface area contributed by atoms with E-state index in [1.54, 1.807) is 32.0 Å². The Hall–Kier alpha value is -4.41. The van der Waals surface area contributed by atoms with Gasteiger partial charge in [0.05, 0.1) is 23.0 Å². The summed E-state index contributed by atoms with van der Waals surface area (Å²) in [6, 6.07) is 12.3. The van der Waals surface area contributed by atoms with Gasteiger partial charge in [-0.25, -0.2) is 14.1 Å². The number of halogens is 3. The first-order valence-corrected chi connectivity index (χ1v) is 12.7. The van der Waals surface area contributed by atoms with E-state index in [0.717, 1.165) is 4.90 Å². The Bertz CT molecular complexity index is 1560. The standard InChI is InChI=1S/C28H22Cl2FN3O6/c1-3-39-23-13-16(12-19(30)25(23)40-14-24(35)32-21-9-5-4-8-20(21)31)11-17-26(36)33-28(38)34(27(17)37)22-10-6-7-18(29)15(22)2/h4-13H,3,14H2,1-2H3,(H,32,35)(H,33,36,38)/b17-11-. The number of urea groups is 1. The van der Waals surface area contributed by atoms with Crippen molar-refractivity contribution >= 4 is 64.4 Å². The van der Waals surface area contributed by atoms with Crippen molar-refractivity contribution in [2.75, 3.05) is 23.4 Å². The second-order valence-corrected chi connectivity index (χ2v) is 9.24. The molecule has 12 heteroatoms. The van der Waals surface area contributed by atoms with Crippen LogP contribution in [-0.4, -0.2) is 37.0 Å². The highest BCUT2D eigenvalue weighted by Crippen LogP contribution is 2.38. The first-order chi connectivity index (χ1) is 19.1. The number of nitrogens with one attached hydrogen (secondary N) is 2. The van der Waals surface area contributed by atoms with Crippen LogP contribution in [0.2, 0.25) is 10.0 Å². The van der Waals surface area contributed by atoms with Crippen LogP contribution in [0.3, 0.4) is 0 Å². The quantitative estimate of drug-likeness (QED) is 0.265. The number of para-hydroxylation sites is 1. The maximum atomic E-state index is 13.8. The fourth-order valence-electron chi connectivity index (χ4n) is 3.84. The molecule has 9 nitrogen and oxygen atoms in total. The number of ether oxygens (including phenoxy) is 2. The van der Waals surface area contributed by atoms with Crippen molar-refractivity contribution in [1.29, 1.82) is 0 Å². The van der Waals surface area contributed by atoms with E-state index in [2.05, 4.69) is 10.6 Å². The van der Waals surface area contributed by atoms with Gasteiger partial charge in [-0.3, -0.25) is 19.7 Å². The number of carbonyl (C=O) groups excluding carboxylic acids is 4. The van der Waals surface area contributed by atoms with Crippen molar-refractivity contribution in [3.05, 3.63) is 87.2 Å². The molecule has 1 fully saturated rings. The molecule has 0 unspecified atom stereocenters. The lowest BCUT2D eigenvalue weighted by molar-refractivity contribution is -0.122. The second-order valence-electron chi connectivity index (χ2n) is 8.42. The van der Waals surface area contributed by atoms with Crippen molar-refractivity contribution < 1.29 is 33.0 Å². The van der Waals surface area contributed by atoms with Crippen molar-refractivity contribution in [3.63, 3.8) is 0 Å². The van der Waals surface area contributed by atoms with Crippen LogP contribution in [0.25, 0.3) is 6.08 Å². The molecule has 0 atom stereocenters. The molecule has 1 saturated heterocycles. The van der Waals surface area contributed by atoms with Gasteiger partial charge in [-0.2, -0.15) is 0 Å². The van der Waals surface area contributed by atoms with E-state index in [1.807, 2.05) is 0 Å². The highest BCUT2D eigenvalue weighted by atomic mass is 35.5. The number of rotatable bonds is 8. The van der Waals surface area contributed by atoms with Gasteiger partial charge in [-0.1, -0.05) is 41.4 Å². The molecule has 0 saturated carbocycles. The summed E-state index contributed by atoms with van der Waals surface area (Å²) in [6.07, 6.45) is 1.25. The zero-order valence-electron chi connectivity index (χ0n) is 21.2. The third kappa shape index (κ3) is 6.08. The van der Waals surface area contributed by atoms with Gasteiger partial charge < -0.3 is 14.8 Å². The molecule has 1 aliphatic heterocycles. The fourth-order valence-corrected chi connectivity index (χ4v) is 4.29. The van der Waals surface area contributed by atoms with Gasteiger partial charge in [0.1, 0.15) is 11.4 Å². The molecule has 0 bridgehead atoms. The van der Waals surface area contributed by atoms with E-state index in [1.165, 1.54) is 42.5 Å². The molecule has 0 aliphatic carbocycles. The number of hydrogen-bond donors (Lipinski definition) is 2. The predicted molar refractivity (Wildman–Crippen MR) is 148 cm³/mol. The first-order valence-electron chi connectivity index (χ1n) is 11.9. The highest BCUT2D eigenvalue weighted by molar-refractivity contribution is 6.40. The van der Waals surface area contributed by atoms with Gasteiger partial charge >= 0.3 is 6.03 Å². The number of nitrogens with zero attached hydrogens (tertiary/aromatic N) is 1. The third-order valence-corrected chi connectivity index (χ3v) is 6.41. The van der Waals surface area contributed by atoms with Crippen LogP contribution in [0, 0.1) is 12.7 Å². The lowest BCUT2D eigenvalue weighted by atomic mass is 10.1. The number of hydrogen-bond acceptors (Lipinski definition) is 6. The summed E-state index contributed by atoms with van der Waals surface area (Å²) >= 11 is 12.6. The summed E-state index contributed by atoms with van der Waals surface area (Å²) in [5, 5.41) is 4.91. The van der Waals surface area contributed by atoms with Crippen LogP contribution < -0.4 is 25.0 Å². The highest BCUT2D eigenvalue weighted by Gasteiger charge is 2.37. The van der Waals surface area contributed by atoms with Crippen LogP contribution in [0.15, 0.2) is 60.2 Å². The van der Waals surface area contributed by atoms with Crippen LogP contribution >= 0.6 is 23.2 Å². The zero-order chi connectivity index (χ0) is 29.0. The molecule has 1 heterocycles. The lowest BCUT2D eigenvalue weighted by Crippen LogP contribution is -2.54. The summed E-state index contributed by atoms with van der Waals surface area (Å²) in [5.41, 5.74) is 0.634. The molecule has 1 aliphatic rings. The van der Waals surface area contributed by atoms with Crippen LogP contribution in [0.4, 0.5) is 20.6 Å². The molecule has 5 amide bonds. The minimum absolute atomic E-state index is 0.00915. The molecule has 3 aromatic carbocycles. The predicted octanol–water partition coefficient (Wildman–Crippen LogP) is 5.52. The minimum Gasteiger partial charge on any atom is -0.490 e. The van der Waals surface area contributed by atoms with E-state index < -0.39 is 36.2 Å². The molecule has 206 valence electrons. The van der Waals surface area contributed by atoms with E-state index in [-0.39, 0.29) is 45.6 Å². The Labute approximate surface area is 238 Å². The van der Waals surface area contributed by atoms with Gasteiger partial charge in [-0.15, -0.1) is 0 Å². The van der Waals surface area contributed by atoms with Crippen molar-refractivity contribution in [3.8, 4) is 11.5 Å². The SMILES string of the molecule is CCOc1cc(/C=C2/C(=O)NC(=O)N(c3cccc(Cl)c3C)C2=O)cc(Cl)c1OCC(=O)Nc1ccccc1F. The van der Waals surface area contributed by atoms with Crippen molar-refractivity contribution in [1.82, 2.24) is 5.32 Å². The van der Waals surface area contributed by atoms with Gasteiger partial charge in [0.15, 0.2) is 18.1 Å². The molecular formula is C28H22Cl2FN3O6. The second kappa shape index (κ2) is 12.2. The molecule has 0 radical (unpaired) electrons. The molecule has 0 aromatic heterocycles. The number of amides is 5. The molecule has 40 heavy (non-hydrogen) atoms. The Morgan fingerprint density at radius 3 is 2.52 bits per heavy atom. The zero-order valence-corrected chi connectivity index (χ0v) is 22.7. The maximum absolute atomic E-state index is 13.8. The van der Waals surface area contributed by atoms with Gasteiger partial charge in [-0.05, 0) is 67.4 Å². The lowest BCUT2D eigenvalue weighted by Gasteiger charge is -2.27. The van der Waals surface area contributed by atoms with Crippen molar-refractivity contribution in [2.24, 2.45) is 0 Å². The van der Waals surface area contributed by atoms with E-state index in [9.17, 15) is 23.6 Å². The van der Waals surface area contributed by atoms with Crippen LogP contribution in [0.5, 0.6) is 11.5 Å².